The maximum atomic E-state index is 10.3. The highest BCUT2D eigenvalue weighted by Crippen LogP contribution is 2.26. The number of benzene rings is 1. The Kier molecular flexibility index (Phi) is 8.31. The van der Waals surface area contributed by atoms with Crippen molar-refractivity contribution >= 4 is 0 Å². The Bertz CT molecular complexity index is 355. The van der Waals surface area contributed by atoms with Crippen LogP contribution in [0.5, 0.6) is 5.75 Å². The second kappa shape index (κ2) is 9.78. The number of ether oxygens (including phenoxy) is 2. The van der Waals surface area contributed by atoms with Gasteiger partial charge in [0.1, 0.15) is 5.75 Å². The summed E-state index contributed by atoms with van der Waals surface area (Å²) in [7, 11) is 0. The van der Waals surface area contributed by atoms with Crippen LogP contribution in [0.1, 0.15) is 56.2 Å². The third-order valence-corrected chi connectivity index (χ3v) is 3.21. The van der Waals surface area contributed by atoms with Crippen LogP contribution in [-0.4, -0.2) is 18.3 Å². The zero-order valence-electron chi connectivity index (χ0n) is 13.1. The predicted octanol–water partition coefficient (Wildman–Crippen LogP) is 4.33. The first-order valence-corrected chi connectivity index (χ1v) is 7.65. The highest BCUT2D eigenvalue weighted by Gasteiger charge is 2.09. The number of aryl methyl sites for hydroxylation is 1. The molecule has 0 bridgehead atoms. The van der Waals surface area contributed by atoms with Gasteiger partial charge in [-0.25, -0.2) is 0 Å². The van der Waals surface area contributed by atoms with Crippen LogP contribution in [0.25, 0.3) is 0 Å². The van der Waals surface area contributed by atoms with Crippen molar-refractivity contribution in [1.82, 2.24) is 0 Å². The van der Waals surface area contributed by atoms with Gasteiger partial charge in [-0.05, 0) is 19.8 Å². The summed E-state index contributed by atoms with van der Waals surface area (Å²) >= 11 is 0. The monoisotopic (exact) mass is 280 g/mol. The smallest absolute Gasteiger partial charge is 0.126 e. The Morgan fingerprint density at radius 1 is 0.900 bits per heavy atom. The molecule has 0 fully saturated rings. The number of phenolic OH excluding ortho intramolecular Hbond substituents is 1. The van der Waals surface area contributed by atoms with Crippen LogP contribution in [0.15, 0.2) is 12.1 Å². The molecule has 0 spiro atoms. The van der Waals surface area contributed by atoms with Crippen LogP contribution >= 0.6 is 0 Å². The van der Waals surface area contributed by atoms with Gasteiger partial charge < -0.3 is 14.6 Å². The van der Waals surface area contributed by atoms with Gasteiger partial charge >= 0.3 is 0 Å². The second-order valence-electron chi connectivity index (χ2n) is 5.24. The molecule has 0 amide bonds. The van der Waals surface area contributed by atoms with E-state index in [-0.39, 0.29) is 0 Å². The molecule has 0 aromatic heterocycles. The molecule has 0 aliphatic heterocycles. The molecule has 114 valence electrons. The van der Waals surface area contributed by atoms with Crippen LogP contribution in [0, 0.1) is 6.92 Å². The summed E-state index contributed by atoms with van der Waals surface area (Å²) in [6, 6.07) is 3.97. The maximum absolute atomic E-state index is 10.3. The lowest BCUT2D eigenvalue weighted by Crippen LogP contribution is -2.01. The van der Waals surface area contributed by atoms with Crippen LogP contribution < -0.4 is 0 Å². The zero-order chi connectivity index (χ0) is 14.8. The van der Waals surface area contributed by atoms with E-state index in [0.29, 0.717) is 19.0 Å². The minimum Gasteiger partial charge on any atom is -0.507 e. The lowest BCUT2D eigenvalue weighted by molar-refractivity contribution is 0.111. The quantitative estimate of drug-likeness (QED) is 0.648. The molecule has 0 radical (unpaired) electrons. The summed E-state index contributed by atoms with van der Waals surface area (Å²) in [4.78, 5) is 0. The summed E-state index contributed by atoms with van der Waals surface area (Å²) in [6.07, 6.45) is 4.35. The molecule has 20 heavy (non-hydrogen) atoms. The number of hydrogen-bond donors (Lipinski definition) is 1. The topological polar surface area (TPSA) is 38.7 Å². The lowest BCUT2D eigenvalue weighted by Gasteiger charge is -2.12. The number of phenols is 1. The number of hydrogen-bond acceptors (Lipinski definition) is 3. The molecule has 3 nitrogen and oxygen atoms in total. The first-order valence-electron chi connectivity index (χ1n) is 7.65. The number of unbranched alkanes of at least 4 members (excludes halogenated alkanes) is 2. The average molecular weight is 280 g/mol. The summed E-state index contributed by atoms with van der Waals surface area (Å²) in [5, 5.41) is 10.3. The van der Waals surface area contributed by atoms with E-state index in [1.165, 1.54) is 0 Å². The summed E-state index contributed by atoms with van der Waals surface area (Å²) in [5.41, 5.74) is 2.84. The Morgan fingerprint density at radius 2 is 1.35 bits per heavy atom. The second-order valence-corrected chi connectivity index (χ2v) is 5.24. The molecule has 0 unspecified atom stereocenters. The van der Waals surface area contributed by atoms with E-state index < -0.39 is 0 Å². The fraction of sp³-hybridized carbons (Fsp3) is 0.647. The molecule has 0 saturated heterocycles. The van der Waals surface area contributed by atoms with Gasteiger partial charge in [0, 0.05) is 24.3 Å². The van der Waals surface area contributed by atoms with Crippen molar-refractivity contribution in [3.63, 3.8) is 0 Å². The fourth-order valence-corrected chi connectivity index (χ4v) is 2.01. The Hall–Kier alpha value is -1.06. The highest BCUT2D eigenvalue weighted by molar-refractivity contribution is 5.42. The lowest BCUT2D eigenvalue weighted by atomic mass is 10.1. The molecule has 3 heteroatoms. The minimum atomic E-state index is 0.323. The first kappa shape index (κ1) is 17.0. The normalized spacial score (nSPS) is 10.9. The summed E-state index contributed by atoms with van der Waals surface area (Å²) in [6.45, 7) is 8.73. The van der Waals surface area contributed by atoms with Crippen molar-refractivity contribution in [3.05, 3.63) is 28.8 Å². The third-order valence-electron chi connectivity index (χ3n) is 3.21. The van der Waals surface area contributed by atoms with Crippen molar-refractivity contribution in [2.24, 2.45) is 0 Å². The van der Waals surface area contributed by atoms with Crippen molar-refractivity contribution < 1.29 is 14.6 Å². The highest BCUT2D eigenvalue weighted by atomic mass is 16.5. The Morgan fingerprint density at radius 3 is 1.75 bits per heavy atom. The fourth-order valence-electron chi connectivity index (χ4n) is 2.01. The van der Waals surface area contributed by atoms with Gasteiger partial charge in [0.2, 0.25) is 0 Å². The van der Waals surface area contributed by atoms with E-state index in [9.17, 15) is 5.11 Å². The van der Waals surface area contributed by atoms with E-state index >= 15 is 0 Å². The largest absolute Gasteiger partial charge is 0.507 e. The van der Waals surface area contributed by atoms with E-state index in [1.54, 1.807) is 0 Å². The van der Waals surface area contributed by atoms with Gasteiger partial charge in [-0.3, -0.25) is 0 Å². The van der Waals surface area contributed by atoms with Crippen molar-refractivity contribution in [1.29, 1.82) is 0 Å². The predicted molar refractivity (Wildman–Crippen MR) is 82.0 cm³/mol. The third kappa shape index (κ3) is 5.93. The first-order chi connectivity index (χ1) is 9.69. The van der Waals surface area contributed by atoms with Crippen molar-refractivity contribution in [2.45, 2.75) is 59.7 Å². The van der Waals surface area contributed by atoms with Crippen LogP contribution in [0.2, 0.25) is 0 Å². The van der Waals surface area contributed by atoms with Crippen LogP contribution in [-0.2, 0) is 22.7 Å². The summed E-state index contributed by atoms with van der Waals surface area (Å²) in [5.74, 6) is 0.323. The molecule has 1 aromatic rings. The van der Waals surface area contributed by atoms with E-state index in [4.69, 9.17) is 9.47 Å². The van der Waals surface area contributed by atoms with Gasteiger partial charge in [0.15, 0.2) is 0 Å². The van der Waals surface area contributed by atoms with Gasteiger partial charge in [-0.15, -0.1) is 0 Å². The van der Waals surface area contributed by atoms with Gasteiger partial charge in [-0.2, -0.15) is 0 Å². The van der Waals surface area contributed by atoms with Gasteiger partial charge in [0.05, 0.1) is 13.2 Å². The molecule has 1 aromatic carbocycles. The maximum Gasteiger partial charge on any atom is 0.126 e. The standard InChI is InChI=1S/C17H28O3/c1-4-6-8-19-12-15-10-14(3)11-16(17(15)18)13-20-9-7-5-2/h10-11,18H,4-9,12-13H2,1-3H3. The molecular weight excluding hydrogens is 252 g/mol. The molecule has 0 aliphatic rings. The average Bonchev–Trinajstić information content (AvgIpc) is 2.44. The van der Waals surface area contributed by atoms with E-state index in [1.807, 2.05) is 19.1 Å². The molecule has 0 saturated carbocycles. The van der Waals surface area contributed by atoms with E-state index in [0.717, 1.165) is 55.6 Å². The zero-order valence-corrected chi connectivity index (χ0v) is 13.1. The Labute approximate surface area is 122 Å². The SMILES string of the molecule is CCCCOCc1cc(C)cc(COCCCC)c1O. The molecule has 0 heterocycles. The van der Waals surface area contributed by atoms with Crippen LogP contribution in [0.4, 0.5) is 0 Å². The number of rotatable bonds is 10. The minimum absolute atomic E-state index is 0.323. The van der Waals surface area contributed by atoms with E-state index in [2.05, 4.69) is 13.8 Å². The Balaban J connectivity index is 2.59. The van der Waals surface area contributed by atoms with Gasteiger partial charge in [0.25, 0.3) is 0 Å². The molecule has 1 N–H and O–H groups in total. The molecular formula is C17H28O3. The summed E-state index contributed by atoms with van der Waals surface area (Å²) < 4.78 is 11.2. The molecule has 0 aliphatic carbocycles. The molecule has 1 rings (SSSR count). The molecule has 0 atom stereocenters. The van der Waals surface area contributed by atoms with Gasteiger partial charge in [-0.1, -0.05) is 44.4 Å². The van der Waals surface area contributed by atoms with Crippen LogP contribution in [0.3, 0.4) is 0 Å². The number of aromatic hydroxyl groups is 1. The van der Waals surface area contributed by atoms with Crippen molar-refractivity contribution in [3.8, 4) is 5.75 Å². The van der Waals surface area contributed by atoms with Crippen molar-refractivity contribution in [2.75, 3.05) is 13.2 Å².